The number of aromatic nitrogens is 3. The second-order valence-electron chi connectivity index (χ2n) is 8.91. The molecular formula is C27H30N5O2S4+. The van der Waals surface area contributed by atoms with Crippen molar-refractivity contribution in [1.82, 2.24) is 14.0 Å². The molecule has 0 N–H and O–H groups in total. The number of carbonyl (C=O) groups excluding carboxylic acids is 1. The lowest BCUT2D eigenvalue weighted by Gasteiger charge is -2.12. The first-order chi connectivity index (χ1) is 18.4. The van der Waals surface area contributed by atoms with Gasteiger partial charge in [0.05, 0.1) is 18.1 Å². The van der Waals surface area contributed by atoms with Crippen LogP contribution in [0.3, 0.4) is 0 Å². The summed E-state index contributed by atoms with van der Waals surface area (Å²) < 4.78 is 7.90. The maximum absolute atomic E-state index is 13.3. The van der Waals surface area contributed by atoms with E-state index in [1.54, 1.807) is 21.2 Å². The number of aryl methyl sites for hydroxylation is 1. The van der Waals surface area contributed by atoms with Crippen LogP contribution >= 0.6 is 47.1 Å². The summed E-state index contributed by atoms with van der Waals surface area (Å²) in [6.45, 7) is 8.06. The highest BCUT2D eigenvalue weighted by molar-refractivity contribution is 8.30. The van der Waals surface area contributed by atoms with Gasteiger partial charge in [0.1, 0.15) is 24.6 Å². The third-order valence-corrected chi connectivity index (χ3v) is 10.3. The van der Waals surface area contributed by atoms with E-state index in [0.717, 1.165) is 40.9 Å². The lowest BCUT2D eigenvalue weighted by atomic mass is 10.3. The SMILES string of the molecule is CCCCN1C(=O)C(=c2sc(=C/C=C3/Sc4c([n+](C)cn4-c4ccccc4)N3CC)c(=O)n2CC)SC1=S. The van der Waals surface area contributed by atoms with Gasteiger partial charge in [-0.2, -0.15) is 0 Å². The number of carbonyl (C=O) groups is 1. The highest BCUT2D eigenvalue weighted by Crippen LogP contribution is 2.45. The van der Waals surface area contributed by atoms with Gasteiger partial charge in [0.15, 0.2) is 6.33 Å². The predicted molar refractivity (Wildman–Crippen MR) is 162 cm³/mol. The molecule has 0 aliphatic carbocycles. The number of hydrogen-bond acceptors (Lipinski definition) is 7. The Labute approximate surface area is 239 Å². The standard InChI is InChI=1S/C27H30N5O2S4/c1-5-8-16-31-24(34)21(38-27(31)35)25-30(7-3)23(33)19(36-25)14-15-20-29(6-2)22-26(37-20)32(17-28(22)4)18-12-10-9-11-13-18/h9-15,17H,5-8,16H2,1-4H3/q+1/b19-14?,20-15+,25-21?. The van der Waals surface area contributed by atoms with Gasteiger partial charge >= 0.3 is 0 Å². The summed E-state index contributed by atoms with van der Waals surface area (Å²) in [6, 6.07) is 10.3. The number of unbranched alkanes of at least 4 members (excludes halogenated alkanes) is 1. The van der Waals surface area contributed by atoms with Crippen LogP contribution in [0, 0.1) is 0 Å². The van der Waals surface area contributed by atoms with Crippen LogP contribution in [0.25, 0.3) is 16.7 Å². The predicted octanol–water partition coefficient (Wildman–Crippen LogP) is 3.57. The highest BCUT2D eigenvalue weighted by atomic mass is 32.2. The first-order valence-electron chi connectivity index (χ1n) is 12.7. The maximum atomic E-state index is 13.3. The fourth-order valence-electron chi connectivity index (χ4n) is 4.57. The van der Waals surface area contributed by atoms with Crippen LogP contribution in [0.4, 0.5) is 5.82 Å². The van der Waals surface area contributed by atoms with Gasteiger partial charge in [-0.25, -0.2) is 9.13 Å². The molecule has 7 nitrogen and oxygen atoms in total. The number of hydrogen-bond donors (Lipinski definition) is 0. The minimum absolute atomic E-state index is 0.0777. The Morgan fingerprint density at radius 1 is 1.00 bits per heavy atom. The summed E-state index contributed by atoms with van der Waals surface area (Å²) in [5, 5.41) is 2.20. The molecular weight excluding hydrogens is 555 g/mol. The molecule has 1 aromatic carbocycles. The van der Waals surface area contributed by atoms with E-state index in [0.29, 0.717) is 31.5 Å². The van der Waals surface area contributed by atoms with E-state index in [9.17, 15) is 9.59 Å². The molecule has 0 bridgehead atoms. The van der Waals surface area contributed by atoms with Crippen LogP contribution in [0.15, 0.2) is 57.6 Å². The number of thiocarbonyl (C=S) groups is 1. The number of nitrogens with zero attached hydrogens (tertiary/aromatic N) is 5. The van der Waals surface area contributed by atoms with E-state index in [4.69, 9.17) is 12.2 Å². The molecule has 0 unspecified atom stereocenters. The first-order valence-corrected chi connectivity index (χ1v) is 15.6. The topological polar surface area (TPSA) is 54.4 Å². The van der Waals surface area contributed by atoms with Crippen molar-refractivity contribution in [2.45, 2.75) is 45.2 Å². The maximum Gasteiger partial charge on any atom is 0.276 e. The summed E-state index contributed by atoms with van der Waals surface area (Å²) in [5.74, 6) is 1.04. The fourth-order valence-corrected chi connectivity index (χ4v) is 8.40. The van der Waals surface area contributed by atoms with Crippen molar-refractivity contribution < 1.29 is 9.36 Å². The number of para-hydroxylation sites is 1. The van der Waals surface area contributed by atoms with Crippen molar-refractivity contribution in [2.24, 2.45) is 7.05 Å². The summed E-state index contributed by atoms with van der Waals surface area (Å²) in [7, 11) is 2.06. The van der Waals surface area contributed by atoms with Crippen molar-refractivity contribution in [1.29, 1.82) is 0 Å². The average Bonchev–Trinajstić information content (AvgIpc) is 3.62. The molecule has 1 amide bonds. The second kappa shape index (κ2) is 11.3. The van der Waals surface area contributed by atoms with E-state index in [2.05, 4.69) is 53.4 Å². The number of anilines is 1. The van der Waals surface area contributed by atoms with Crippen LogP contribution in [-0.4, -0.2) is 37.4 Å². The molecule has 1 fully saturated rings. The Hall–Kier alpha value is -2.60. The average molecular weight is 585 g/mol. The van der Waals surface area contributed by atoms with Crippen molar-refractivity contribution >= 4 is 74.1 Å². The lowest BCUT2D eigenvalue weighted by molar-refractivity contribution is -0.658. The van der Waals surface area contributed by atoms with Gasteiger partial charge in [-0.05, 0) is 56.3 Å². The van der Waals surface area contributed by atoms with Crippen LogP contribution < -0.4 is 24.2 Å². The molecule has 4 heterocycles. The fraction of sp³-hybridized carbons (Fsp3) is 0.333. The van der Waals surface area contributed by atoms with E-state index >= 15 is 0 Å². The third-order valence-electron chi connectivity index (χ3n) is 6.49. The molecule has 0 atom stereocenters. The van der Waals surface area contributed by atoms with E-state index in [1.807, 2.05) is 37.3 Å². The first kappa shape index (κ1) is 27.0. The summed E-state index contributed by atoms with van der Waals surface area (Å²) >= 11 is 9.86. The molecule has 5 rings (SSSR count). The van der Waals surface area contributed by atoms with E-state index < -0.39 is 0 Å². The van der Waals surface area contributed by atoms with Gasteiger partial charge < -0.3 is 0 Å². The number of benzene rings is 1. The van der Waals surface area contributed by atoms with Crippen LogP contribution in [0.2, 0.25) is 0 Å². The van der Waals surface area contributed by atoms with Gasteiger partial charge in [0.2, 0.25) is 5.03 Å². The summed E-state index contributed by atoms with van der Waals surface area (Å²) in [6.07, 6.45) is 7.90. The van der Waals surface area contributed by atoms with E-state index in [-0.39, 0.29) is 11.5 Å². The third kappa shape index (κ3) is 4.70. The molecule has 0 radical (unpaired) electrons. The molecule has 2 aromatic heterocycles. The Balaban J connectivity index is 1.55. The van der Waals surface area contributed by atoms with Gasteiger partial charge in [-0.3, -0.25) is 24.0 Å². The number of imidazole rings is 1. The van der Waals surface area contributed by atoms with Crippen LogP contribution in [0.5, 0.6) is 0 Å². The monoisotopic (exact) mass is 584 g/mol. The molecule has 0 spiro atoms. The second-order valence-corrected chi connectivity index (χ2v) is 12.6. The Morgan fingerprint density at radius 2 is 1.76 bits per heavy atom. The Kier molecular flexibility index (Phi) is 7.99. The molecule has 0 saturated carbocycles. The zero-order chi connectivity index (χ0) is 27.0. The molecule has 198 valence electrons. The molecule has 11 heteroatoms. The number of allylic oxidation sites excluding steroid dienone is 1. The van der Waals surface area contributed by atoms with Crippen molar-refractivity contribution in [3.05, 3.63) is 67.3 Å². The van der Waals surface area contributed by atoms with Crippen molar-refractivity contribution in [3.63, 3.8) is 0 Å². The normalized spacial score (nSPS) is 18.4. The largest absolute Gasteiger partial charge is 0.298 e. The lowest BCUT2D eigenvalue weighted by Crippen LogP contribution is -2.34. The molecule has 2 aliphatic heterocycles. The van der Waals surface area contributed by atoms with Crippen LogP contribution in [-0.2, 0) is 18.4 Å². The van der Waals surface area contributed by atoms with Gasteiger partial charge in [-0.1, -0.05) is 55.5 Å². The van der Waals surface area contributed by atoms with Gasteiger partial charge in [0.25, 0.3) is 17.3 Å². The highest BCUT2D eigenvalue weighted by Gasteiger charge is 2.38. The molecule has 2 aliphatic rings. The number of rotatable bonds is 7. The van der Waals surface area contributed by atoms with Gasteiger partial charge in [0, 0.05) is 13.1 Å². The van der Waals surface area contributed by atoms with E-state index in [1.165, 1.54) is 23.1 Å². The van der Waals surface area contributed by atoms with Crippen molar-refractivity contribution in [3.8, 4) is 5.69 Å². The van der Waals surface area contributed by atoms with Crippen molar-refractivity contribution in [2.75, 3.05) is 18.0 Å². The molecule has 1 saturated heterocycles. The molecule has 38 heavy (non-hydrogen) atoms. The zero-order valence-electron chi connectivity index (χ0n) is 21.8. The Morgan fingerprint density at radius 3 is 2.45 bits per heavy atom. The quantitative estimate of drug-likeness (QED) is 0.313. The molecule has 3 aromatic rings. The zero-order valence-corrected chi connectivity index (χ0v) is 25.1. The number of thioether (sulfide) groups is 2. The smallest absolute Gasteiger partial charge is 0.276 e. The number of fused-ring (bicyclic) bond motifs is 1. The summed E-state index contributed by atoms with van der Waals surface area (Å²) in [5.41, 5.74) is 1.03. The minimum atomic E-state index is -0.0915. The number of amides is 1. The summed E-state index contributed by atoms with van der Waals surface area (Å²) in [4.78, 5) is 31.0. The Bertz CT molecular complexity index is 1620. The number of thiazole rings is 1. The van der Waals surface area contributed by atoms with Crippen LogP contribution in [0.1, 0.15) is 33.6 Å². The minimum Gasteiger partial charge on any atom is -0.298 e. The van der Waals surface area contributed by atoms with Gasteiger partial charge in [-0.15, -0.1) is 11.3 Å².